The average Bonchev–Trinajstić information content (AvgIpc) is 2.76. The average molecular weight is 300 g/mol. The Morgan fingerprint density at radius 2 is 2.00 bits per heavy atom. The molecule has 4 heteroatoms. The maximum Gasteiger partial charge on any atom is 0.0686 e. The summed E-state index contributed by atoms with van der Waals surface area (Å²) in [7, 11) is 0. The van der Waals surface area contributed by atoms with Crippen molar-refractivity contribution < 1.29 is 0 Å². The summed E-state index contributed by atoms with van der Waals surface area (Å²) in [5, 5.41) is 7.11. The van der Waals surface area contributed by atoms with E-state index in [-0.39, 0.29) is 6.04 Å². The quantitative estimate of drug-likeness (QED) is 0.832. The molecule has 1 unspecified atom stereocenters. The van der Waals surface area contributed by atoms with Gasteiger partial charge in [0, 0.05) is 9.90 Å². The molecule has 1 N–H and O–H groups in total. The molecule has 0 amide bonds. The van der Waals surface area contributed by atoms with Gasteiger partial charge in [0.2, 0.25) is 0 Å². The fourth-order valence-electron chi connectivity index (χ4n) is 1.92. The van der Waals surface area contributed by atoms with E-state index >= 15 is 0 Å². The summed E-state index contributed by atoms with van der Waals surface area (Å²) in [4.78, 5) is 1.15. The van der Waals surface area contributed by atoms with Gasteiger partial charge in [-0.3, -0.25) is 0 Å². The second kappa shape index (κ2) is 6.07. The van der Waals surface area contributed by atoms with E-state index in [1.54, 1.807) is 11.3 Å². The van der Waals surface area contributed by atoms with Gasteiger partial charge in [0.1, 0.15) is 0 Å². The van der Waals surface area contributed by atoms with Crippen molar-refractivity contribution in [2.45, 2.75) is 19.9 Å². The summed E-state index contributed by atoms with van der Waals surface area (Å²) in [5.74, 6) is 0. The molecule has 0 aliphatic rings. The zero-order valence-corrected chi connectivity index (χ0v) is 12.7. The van der Waals surface area contributed by atoms with E-state index in [1.807, 2.05) is 24.4 Å². The van der Waals surface area contributed by atoms with Crippen molar-refractivity contribution in [2.75, 3.05) is 6.54 Å². The third kappa shape index (κ3) is 2.89. The van der Waals surface area contributed by atoms with Crippen LogP contribution in [-0.4, -0.2) is 6.54 Å². The zero-order chi connectivity index (χ0) is 13.1. The van der Waals surface area contributed by atoms with Crippen molar-refractivity contribution in [2.24, 2.45) is 0 Å². The Balaban J connectivity index is 2.41. The molecule has 1 aromatic heterocycles. The van der Waals surface area contributed by atoms with Crippen LogP contribution in [0, 0.1) is 6.92 Å². The van der Waals surface area contributed by atoms with Gasteiger partial charge in [-0.05, 0) is 42.1 Å². The zero-order valence-electron chi connectivity index (χ0n) is 10.3. The molecule has 1 nitrogen and oxygen atoms in total. The van der Waals surface area contributed by atoms with Gasteiger partial charge in [0.15, 0.2) is 0 Å². The number of nitrogens with one attached hydrogen (secondary N) is 1. The molecule has 1 atom stereocenters. The lowest BCUT2D eigenvalue weighted by atomic mass is 10.0. The van der Waals surface area contributed by atoms with Crippen LogP contribution in [0.1, 0.15) is 29.0 Å². The highest BCUT2D eigenvalue weighted by molar-refractivity contribution is 7.10. The fourth-order valence-corrected chi connectivity index (χ4v) is 3.31. The van der Waals surface area contributed by atoms with Crippen molar-refractivity contribution >= 4 is 34.5 Å². The van der Waals surface area contributed by atoms with Crippen LogP contribution in [0.25, 0.3) is 0 Å². The van der Waals surface area contributed by atoms with Gasteiger partial charge < -0.3 is 5.32 Å². The predicted octanol–water partition coefficient (Wildman–Crippen LogP) is 5.06. The van der Waals surface area contributed by atoms with Gasteiger partial charge in [-0.2, -0.15) is 0 Å². The van der Waals surface area contributed by atoms with Gasteiger partial charge in [-0.15, -0.1) is 11.3 Å². The first-order valence-electron chi connectivity index (χ1n) is 5.85. The van der Waals surface area contributed by atoms with Gasteiger partial charge in [0.25, 0.3) is 0 Å². The summed E-state index contributed by atoms with van der Waals surface area (Å²) in [6.07, 6.45) is 0. The lowest BCUT2D eigenvalue weighted by molar-refractivity contribution is 0.639. The lowest BCUT2D eigenvalue weighted by Gasteiger charge is -2.18. The number of halogens is 2. The summed E-state index contributed by atoms with van der Waals surface area (Å²) >= 11 is 14.0. The van der Waals surface area contributed by atoms with E-state index in [4.69, 9.17) is 23.2 Å². The molecule has 0 saturated heterocycles. The molecule has 1 heterocycles. The van der Waals surface area contributed by atoms with Crippen LogP contribution in [0.5, 0.6) is 0 Å². The van der Waals surface area contributed by atoms with Crippen LogP contribution in [0.3, 0.4) is 0 Å². The number of thiophene rings is 1. The molecule has 0 aliphatic carbocycles. The van der Waals surface area contributed by atoms with Gasteiger partial charge in [-0.1, -0.05) is 42.3 Å². The second-order valence-electron chi connectivity index (χ2n) is 4.13. The molecule has 1 aromatic carbocycles. The normalized spacial score (nSPS) is 12.7. The van der Waals surface area contributed by atoms with Gasteiger partial charge in [-0.25, -0.2) is 0 Å². The molecule has 2 aromatic rings. The van der Waals surface area contributed by atoms with Crippen LogP contribution >= 0.6 is 34.5 Å². The van der Waals surface area contributed by atoms with E-state index < -0.39 is 0 Å². The molecule has 0 fully saturated rings. The molecule has 0 saturated carbocycles. The summed E-state index contributed by atoms with van der Waals surface area (Å²) < 4.78 is 0. The van der Waals surface area contributed by atoms with Crippen molar-refractivity contribution in [3.05, 3.63) is 55.7 Å². The fraction of sp³-hybridized carbons (Fsp3) is 0.286. The topological polar surface area (TPSA) is 12.0 Å². The van der Waals surface area contributed by atoms with Gasteiger partial charge >= 0.3 is 0 Å². The predicted molar refractivity (Wildman–Crippen MR) is 81.0 cm³/mol. The lowest BCUT2D eigenvalue weighted by Crippen LogP contribution is -2.21. The largest absolute Gasteiger partial charge is 0.306 e. The molecule has 0 aliphatic heterocycles. The number of hydrogen-bond acceptors (Lipinski definition) is 2. The Hall–Kier alpha value is -0.540. The highest BCUT2D eigenvalue weighted by Crippen LogP contribution is 2.33. The van der Waals surface area contributed by atoms with E-state index in [0.29, 0.717) is 0 Å². The van der Waals surface area contributed by atoms with E-state index in [1.165, 1.54) is 5.56 Å². The molecular weight excluding hydrogens is 285 g/mol. The number of benzene rings is 1. The maximum absolute atomic E-state index is 6.24. The van der Waals surface area contributed by atoms with Crippen molar-refractivity contribution in [1.82, 2.24) is 5.32 Å². The summed E-state index contributed by atoms with van der Waals surface area (Å²) in [5.41, 5.74) is 2.29. The monoisotopic (exact) mass is 299 g/mol. The molecule has 0 radical (unpaired) electrons. The molecule has 2 rings (SSSR count). The number of aryl methyl sites for hydroxylation is 1. The van der Waals surface area contributed by atoms with Crippen LogP contribution in [0.4, 0.5) is 0 Å². The van der Waals surface area contributed by atoms with Crippen LogP contribution < -0.4 is 5.32 Å². The minimum atomic E-state index is 0.137. The van der Waals surface area contributed by atoms with Crippen LogP contribution in [-0.2, 0) is 0 Å². The van der Waals surface area contributed by atoms with Crippen LogP contribution in [0.2, 0.25) is 10.0 Å². The van der Waals surface area contributed by atoms with E-state index in [2.05, 4.69) is 24.4 Å². The Morgan fingerprint density at radius 1 is 1.22 bits per heavy atom. The molecule has 96 valence electrons. The third-order valence-electron chi connectivity index (χ3n) is 2.83. The van der Waals surface area contributed by atoms with E-state index in [0.717, 1.165) is 27.0 Å². The van der Waals surface area contributed by atoms with E-state index in [9.17, 15) is 0 Å². The first-order chi connectivity index (χ1) is 8.63. The highest BCUT2D eigenvalue weighted by atomic mass is 35.5. The van der Waals surface area contributed by atoms with Crippen molar-refractivity contribution in [3.63, 3.8) is 0 Å². The minimum Gasteiger partial charge on any atom is -0.306 e. The van der Waals surface area contributed by atoms with Crippen molar-refractivity contribution in [3.8, 4) is 0 Å². The van der Waals surface area contributed by atoms with Crippen LogP contribution in [0.15, 0.2) is 29.6 Å². The summed E-state index contributed by atoms with van der Waals surface area (Å²) in [6, 6.07) is 8.19. The molecule has 0 spiro atoms. The standard InChI is InChI=1S/C14H15Cl2NS/c1-3-17-13(14-12(16)6-7-18-14)10-4-5-11(15)9(2)8-10/h4-8,13,17H,3H2,1-2H3. The Bertz CT molecular complexity index is 536. The number of rotatable bonds is 4. The Kier molecular flexibility index (Phi) is 4.68. The molecule has 18 heavy (non-hydrogen) atoms. The second-order valence-corrected chi connectivity index (χ2v) is 5.89. The smallest absolute Gasteiger partial charge is 0.0686 e. The van der Waals surface area contributed by atoms with Crippen molar-refractivity contribution in [1.29, 1.82) is 0 Å². The van der Waals surface area contributed by atoms with Gasteiger partial charge in [0.05, 0.1) is 11.1 Å². The minimum absolute atomic E-state index is 0.137. The maximum atomic E-state index is 6.24. The molecular formula is C14H15Cl2NS. The first kappa shape index (κ1) is 13.9. The highest BCUT2D eigenvalue weighted by Gasteiger charge is 2.17. The number of hydrogen-bond donors (Lipinski definition) is 1. The summed E-state index contributed by atoms with van der Waals surface area (Å²) in [6.45, 7) is 5.00. The Labute approximate surface area is 122 Å². The molecule has 0 bridgehead atoms. The Morgan fingerprint density at radius 3 is 2.56 bits per heavy atom. The SMILES string of the molecule is CCNC(c1ccc(Cl)c(C)c1)c1sccc1Cl. The first-order valence-corrected chi connectivity index (χ1v) is 7.49. The third-order valence-corrected chi connectivity index (χ3v) is 4.68.